The summed E-state index contributed by atoms with van der Waals surface area (Å²) in [6, 6.07) is 73.3. The van der Waals surface area contributed by atoms with Gasteiger partial charge in [-0.25, -0.2) is 15.0 Å². The van der Waals surface area contributed by atoms with Crippen LogP contribution in [0.2, 0.25) is 0 Å². The average Bonchev–Trinajstić information content (AvgIpc) is 4.09. The van der Waals surface area contributed by atoms with Crippen LogP contribution >= 0.6 is 11.3 Å². The van der Waals surface area contributed by atoms with E-state index in [1.807, 2.05) is 65.9 Å². The summed E-state index contributed by atoms with van der Waals surface area (Å²) in [7, 11) is 0. The number of fused-ring (bicyclic) bond motifs is 14. The lowest BCUT2D eigenvalue weighted by molar-refractivity contribution is 0.669. The second-order valence-corrected chi connectivity index (χ2v) is 18.4. The van der Waals surface area contributed by atoms with Crippen LogP contribution in [0.3, 0.4) is 0 Å². The highest BCUT2D eigenvalue weighted by Gasteiger charge is 2.24. The monoisotopic (exact) mass is 890 g/mol. The van der Waals surface area contributed by atoms with E-state index in [9.17, 15) is 0 Å². The van der Waals surface area contributed by atoms with Crippen molar-refractivity contribution in [1.82, 2.24) is 19.5 Å². The minimum absolute atomic E-state index is 0.578. The molecule has 14 aromatic rings. The molecule has 0 radical (unpaired) electrons. The standard InChI is InChI=1S/C59H34N4OS.C3H8/c1-2-15-35(16-3-1)57-60-58(62-59(61-57)37-31-32-42-41-21-8-10-29-50(41)64-51(42)34-37)36-17-12-18-38(33-36)63-54-46(48-27-14-26-47-43-22-9-11-30-52(43)65-56(47)48)25-13-28-49(54)53-44-23-6-4-19-39(44)40-20-5-7-24-45(40)55(53)63;1-3-2/h1-34H;3H2,1-2H3. The molecule has 0 N–H and O–H groups in total. The van der Waals surface area contributed by atoms with E-state index >= 15 is 0 Å². The van der Waals surface area contributed by atoms with Crippen molar-refractivity contribution >= 4 is 96.8 Å². The van der Waals surface area contributed by atoms with Crippen molar-refractivity contribution in [2.45, 2.75) is 20.3 Å². The van der Waals surface area contributed by atoms with Crippen LogP contribution in [-0.4, -0.2) is 19.5 Å². The molecule has 0 spiro atoms. The van der Waals surface area contributed by atoms with E-state index in [1.54, 1.807) is 0 Å². The molecule has 68 heavy (non-hydrogen) atoms. The predicted molar refractivity (Wildman–Crippen MR) is 287 cm³/mol. The molecule has 0 atom stereocenters. The zero-order valence-corrected chi connectivity index (χ0v) is 38.3. The van der Waals surface area contributed by atoms with Gasteiger partial charge in [0.1, 0.15) is 11.2 Å². The van der Waals surface area contributed by atoms with E-state index in [0.29, 0.717) is 17.5 Å². The lowest BCUT2D eigenvalue weighted by Gasteiger charge is -2.15. The number of benzene rings is 10. The predicted octanol–water partition coefficient (Wildman–Crippen LogP) is 17.6. The van der Waals surface area contributed by atoms with Gasteiger partial charge in [0, 0.05) is 80.6 Å². The maximum absolute atomic E-state index is 6.34. The SMILES string of the molecule is CCC.c1ccc(-c2nc(-c3cccc(-n4c5c(-c6cccc7c6sc6ccccc67)cccc5c5c6ccccc6c6ccccc6c54)c3)nc(-c3ccc4c(c3)oc3ccccc34)n2)cc1. The summed E-state index contributed by atoms with van der Waals surface area (Å²) < 4.78 is 11.4. The topological polar surface area (TPSA) is 56.7 Å². The summed E-state index contributed by atoms with van der Waals surface area (Å²) in [5.74, 6) is 1.77. The molecule has 0 aliphatic rings. The Balaban J connectivity index is 0.00000149. The molecule has 5 nitrogen and oxygen atoms in total. The lowest BCUT2D eigenvalue weighted by atomic mass is 9.95. The number of hydrogen-bond donors (Lipinski definition) is 0. The molecule has 14 rings (SSSR count). The number of para-hydroxylation sites is 2. The summed E-state index contributed by atoms with van der Waals surface area (Å²) in [5.41, 5.74) is 10.1. The number of nitrogens with zero attached hydrogens (tertiary/aromatic N) is 4. The van der Waals surface area contributed by atoms with E-state index < -0.39 is 0 Å². The smallest absolute Gasteiger partial charge is 0.164 e. The fourth-order valence-electron chi connectivity index (χ4n) is 10.2. The van der Waals surface area contributed by atoms with Gasteiger partial charge in [0.2, 0.25) is 0 Å². The molecule has 0 unspecified atom stereocenters. The van der Waals surface area contributed by atoms with Crippen molar-refractivity contribution in [1.29, 1.82) is 0 Å². The average molecular weight is 891 g/mol. The molecule has 0 fully saturated rings. The fourth-order valence-corrected chi connectivity index (χ4v) is 11.4. The van der Waals surface area contributed by atoms with Crippen LogP contribution in [0.25, 0.3) is 136 Å². The van der Waals surface area contributed by atoms with Gasteiger partial charge in [0.05, 0.1) is 11.0 Å². The zero-order chi connectivity index (χ0) is 45.3. The molecule has 0 bridgehead atoms. The number of thiophene rings is 1. The highest BCUT2D eigenvalue weighted by Crippen LogP contribution is 2.48. The molecule has 0 amide bonds. The van der Waals surface area contributed by atoms with Gasteiger partial charge in [-0.3, -0.25) is 0 Å². The third-order valence-corrected chi connectivity index (χ3v) is 14.2. The first kappa shape index (κ1) is 39.9. The van der Waals surface area contributed by atoms with Crippen LogP contribution in [0.4, 0.5) is 0 Å². The Morgan fingerprint density at radius 2 is 0.941 bits per heavy atom. The molecule has 0 aliphatic heterocycles. The first-order valence-corrected chi connectivity index (χ1v) is 24.1. The molecule has 0 saturated carbocycles. The number of rotatable bonds is 5. The number of aromatic nitrogens is 4. The van der Waals surface area contributed by atoms with Gasteiger partial charge in [-0.05, 0) is 52.6 Å². The highest BCUT2D eigenvalue weighted by molar-refractivity contribution is 7.26. The Hall–Kier alpha value is -8.45. The highest BCUT2D eigenvalue weighted by atomic mass is 32.1. The van der Waals surface area contributed by atoms with Gasteiger partial charge in [-0.2, -0.15) is 0 Å². The van der Waals surface area contributed by atoms with E-state index in [4.69, 9.17) is 19.4 Å². The Bertz CT molecular complexity index is 4280. The van der Waals surface area contributed by atoms with Gasteiger partial charge >= 0.3 is 0 Å². The van der Waals surface area contributed by atoms with Gasteiger partial charge in [0.25, 0.3) is 0 Å². The Labute approximate surface area is 396 Å². The summed E-state index contributed by atoms with van der Waals surface area (Å²) >= 11 is 1.87. The van der Waals surface area contributed by atoms with Crippen molar-refractivity contribution in [3.63, 3.8) is 0 Å². The Kier molecular flexibility index (Phi) is 9.48. The largest absolute Gasteiger partial charge is 0.456 e. The van der Waals surface area contributed by atoms with Crippen molar-refractivity contribution in [2.75, 3.05) is 0 Å². The molecule has 322 valence electrons. The number of furan rings is 1. The second kappa shape index (κ2) is 16.2. The van der Waals surface area contributed by atoms with E-state index in [2.05, 4.69) is 170 Å². The molecule has 4 aromatic heterocycles. The fraction of sp³-hybridized carbons (Fsp3) is 0.0484. The maximum atomic E-state index is 6.34. The molecule has 10 aromatic carbocycles. The van der Waals surface area contributed by atoms with Crippen LogP contribution in [-0.2, 0) is 0 Å². The van der Waals surface area contributed by atoms with Crippen LogP contribution in [0, 0.1) is 0 Å². The molecular formula is C62H42N4OS. The van der Waals surface area contributed by atoms with Crippen molar-refractivity contribution in [2.24, 2.45) is 0 Å². The van der Waals surface area contributed by atoms with Gasteiger partial charge in [0.15, 0.2) is 17.5 Å². The molecule has 0 aliphatic carbocycles. The Morgan fingerprint density at radius 3 is 1.72 bits per heavy atom. The van der Waals surface area contributed by atoms with Crippen LogP contribution in [0.1, 0.15) is 20.3 Å². The lowest BCUT2D eigenvalue weighted by Crippen LogP contribution is -2.01. The molecule has 0 saturated heterocycles. The number of hydrogen-bond acceptors (Lipinski definition) is 5. The summed E-state index contributed by atoms with van der Waals surface area (Å²) in [5, 5.41) is 12.0. The first-order chi connectivity index (χ1) is 33.6. The third kappa shape index (κ3) is 6.33. The summed E-state index contributed by atoms with van der Waals surface area (Å²) in [6.45, 7) is 4.25. The van der Waals surface area contributed by atoms with Crippen LogP contribution < -0.4 is 0 Å². The maximum Gasteiger partial charge on any atom is 0.164 e. The van der Waals surface area contributed by atoms with Crippen LogP contribution in [0.5, 0.6) is 0 Å². The third-order valence-electron chi connectivity index (χ3n) is 13.0. The van der Waals surface area contributed by atoms with E-state index in [0.717, 1.165) is 49.8 Å². The minimum atomic E-state index is 0.578. The summed E-state index contributed by atoms with van der Waals surface area (Å²) in [6.07, 6.45) is 1.25. The molecule has 6 heteroatoms. The van der Waals surface area contributed by atoms with Gasteiger partial charge in [-0.15, -0.1) is 11.3 Å². The summed E-state index contributed by atoms with van der Waals surface area (Å²) in [4.78, 5) is 15.5. The second-order valence-electron chi connectivity index (χ2n) is 17.4. The quantitative estimate of drug-likeness (QED) is 0.162. The van der Waals surface area contributed by atoms with E-state index in [1.165, 1.54) is 75.6 Å². The normalized spacial score (nSPS) is 11.7. The Morgan fingerprint density at radius 1 is 0.397 bits per heavy atom. The zero-order valence-electron chi connectivity index (χ0n) is 37.4. The van der Waals surface area contributed by atoms with Crippen LogP contribution in [0.15, 0.2) is 211 Å². The first-order valence-electron chi connectivity index (χ1n) is 23.3. The van der Waals surface area contributed by atoms with Crippen molar-refractivity contribution < 1.29 is 4.42 Å². The van der Waals surface area contributed by atoms with Gasteiger partial charge in [-0.1, -0.05) is 190 Å². The minimum Gasteiger partial charge on any atom is -0.456 e. The van der Waals surface area contributed by atoms with Crippen molar-refractivity contribution in [3.05, 3.63) is 206 Å². The van der Waals surface area contributed by atoms with Crippen molar-refractivity contribution in [3.8, 4) is 51.0 Å². The van der Waals surface area contributed by atoms with E-state index in [-0.39, 0.29) is 0 Å². The van der Waals surface area contributed by atoms with Gasteiger partial charge < -0.3 is 8.98 Å². The molecular weight excluding hydrogens is 849 g/mol. The molecule has 4 heterocycles.